The van der Waals surface area contributed by atoms with Crippen LogP contribution in [0.4, 0.5) is 0 Å². The van der Waals surface area contributed by atoms with Crippen LogP contribution in [0, 0.1) is 0 Å². The maximum absolute atomic E-state index is 8.99. The van der Waals surface area contributed by atoms with Gasteiger partial charge in [-0.05, 0) is 19.9 Å². The lowest BCUT2D eigenvalue weighted by atomic mass is 10.3. The van der Waals surface area contributed by atoms with Crippen molar-refractivity contribution in [3.8, 4) is 0 Å². The summed E-state index contributed by atoms with van der Waals surface area (Å²) < 4.78 is 1.73. The molecule has 0 radical (unpaired) electrons. The Bertz CT molecular complexity index is 246. The number of nitrogens with zero attached hydrogens (tertiary/aromatic N) is 3. The summed E-state index contributed by atoms with van der Waals surface area (Å²) in [6.45, 7) is 3.28. The molecular weight excluding hydrogens is 168 g/mol. The van der Waals surface area contributed by atoms with Crippen molar-refractivity contribution in [3.63, 3.8) is 0 Å². The molecule has 13 heavy (non-hydrogen) atoms. The molecule has 1 rings (SSSR count). The fourth-order valence-electron chi connectivity index (χ4n) is 0.991. The number of aliphatic hydroxyl groups is 1. The van der Waals surface area contributed by atoms with E-state index in [1.807, 2.05) is 7.05 Å². The van der Waals surface area contributed by atoms with Crippen LogP contribution in [0.25, 0.3) is 0 Å². The molecule has 0 bridgehead atoms. The van der Waals surface area contributed by atoms with Gasteiger partial charge in [0.2, 0.25) is 0 Å². The molecule has 5 heteroatoms. The fraction of sp³-hybridized carbons (Fsp3) is 0.750. The van der Waals surface area contributed by atoms with Crippen LogP contribution < -0.4 is 5.32 Å². The highest BCUT2D eigenvalue weighted by molar-refractivity contribution is 4.81. The van der Waals surface area contributed by atoms with Crippen LogP contribution >= 0.6 is 0 Å². The second-order valence-corrected chi connectivity index (χ2v) is 3.11. The molecule has 0 amide bonds. The van der Waals surface area contributed by atoms with Crippen LogP contribution in [0.1, 0.15) is 19.2 Å². The third-order valence-corrected chi connectivity index (χ3v) is 1.83. The second kappa shape index (κ2) is 4.94. The van der Waals surface area contributed by atoms with Crippen molar-refractivity contribution in [1.82, 2.24) is 20.1 Å². The largest absolute Gasteiger partial charge is 0.393 e. The molecule has 1 aromatic heterocycles. The smallest absolute Gasteiger partial charge is 0.140 e. The average Bonchev–Trinajstić information content (AvgIpc) is 2.45. The van der Waals surface area contributed by atoms with Gasteiger partial charge in [-0.25, -0.2) is 4.98 Å². The van der Waals surface area contributed by atoms with Crippen LogP contribution in [-0.4, -0.2) is 32.5 Å². The molecule has 0 fully saturated rings. The van der Waals surface area contributed by atoms with Gasteiger partial charge in [-0.2, -0.15) is 5.10 Å². The maximum Gasteiger partial charge on any atom is 0.140 e. The van der Waals surface area contributed by atoms with Crippen LogP contribution in [0.3, 0.4) is 0 Å². The minimum absolute atomic E-state index is 0.244. The molecule has 0 aliphatic heterocycles. The molecule has 0 spiro atoms. The van der Waals surface area contributed by atoms with Gasteiger partial charge < -0.3 is 10.4 Å². The van der Waals surface area contributed by atoms with Crippen molar-refractivity contribution in [2.45, 2.75) is 26.0 Å². The Morgan fingerprint density at radius 1 is 1.69 bits per heavy atom. The normalized spacial score (nSPS) is 13.2. The number of hydrogen-bond acceptors (Lipinski definition) is 4. The van der Waals surface area contributed by atoms with E-state index in [9.17, 15) is 0 Å². The molecule has 0 saturated carbocycles. The molecule has 0 aliphatic carbocycles. The summed E-state index contributed by atoms with van der Waals surface area (Å²) >= 11 is 0. The number of nitrogens with one attached hydrogen (secondary N) is 1. The van der Waals surface area contributed by atoms with Crippen molar-refractivity contribution in [3.05, 3.63) is 12.2 Å². The summed E-state index contributed by atoms with van der Waals surface area (Å²) in [6.07, 6.45) is 2.05. The van der Waals surface area contributed by atoms with Crippen LogP contribution in [0.15, 0.2) is 6.33 Å². The standard InChI is InChI=1S/C8H16N4O/c1-7(13)3-4-9-5-8-10-6-11-12(8)2/h6-7,9,13H,3-5H2,1-2H3. The third-order valence-electron chi connectivity index (χ3n) is 1.83. The zero-order valence-electron chi connectivity index (χ0n) is 8.06. The summed E-state index contributed by atoms with van der Waals surface area (Å²) in [5.41, 5.74) is 0. The van der Waals surface area contributed by atoms with Crippen LogP contribution in [0.2, 0.25) is 0 Å². The Kier molecular flexibility index (Phi) is 3.85. The molecule has 74 valence electrons. The topological polar surface area (TPSA) is 63.0 Å². The molecule has 5 nitrogen and oxygen atoms in total. The molecule has 0 aromatic carbocycles. The minimum atomic E-state index is -0.244. The van der Waals surface area contributed by atoms with E-state index in [1.165, 1.54) is 6.33 Å². The first-order chi connectivity index (χ1) is 6.20. The van der Waals surface area contributed by atoms with Crippen molar-refractivity contribution in [2.75, 3.05) is 6.54 Å². The minimum Gasteiger partial charge on any atom is -0.393 e. The predicted molar refractivity (Wildman–Crippen MR) is 49.0 cm³/mol. The van der Waals surface area contributed by atoms with Crippen LogP contribution in [0.5, 0.6) is 0 Å². The van der Waals surface area contributed by atoms with E-state index >= 15 is 0 Å². The maximum atomic E-state index is 8.99. The Morgan fingerprint density at radius 2 is 2.46 bits per heavy atom. The Hall–Kier alpha value is -0.940. The lowest BCUT2D eigenvalue weighted by molar-refractivity contribution is 0.183. The first kappa shape index (κ1) is 10.1. The van der Waals surface area contributed by atoms with Gasteiger partial charge in [-0.3, -0.25) is 4.68 Å². The summed E-state index contributed by atoms with van der Waals surface area (Å²) in [7, 11) is 1.86. The van der Waals surface area contributed by atoms with Gasteiger partial charge in [-0.15, -0.1) is 0 Å². The number of rotatable bonds is 5. The number of aliphatic hydroxyl groups excluding tert-OH is 1. The molecule has 1 unspecified atom stereocenters. The highest BCUT2D eigenvalue weighted by atomic mass is 16.3. The molecule has 1 heterocycles. The zero-order chi connectivity index (χ0) is 9.68. The third kappa shape index (κ3) is 3.52. The van der Waals surface area contributed by atoms with Gasteiger partial charge in [0.05, 0.1) is 12.6 Å². The Labute approximate surface area is 77.8 Å². The monoisotopic (exact) mass is 184 g/mol. The zero-order valence-corrected chi connectivity index (χ0v) is 8.06. The van der Waals surface area contributed by atoms with E-state index < -0.39 is 0 Å². The summed E-state index contributed by atoms with van der Waals surface area (Å²) in [5, 5.41) is 16.1. The molecule has 0 saturated heterocycles. The van der Waals surface area contributed by atoms with E-state index in [1.54, 1.807) is 11.6 Å². The van der Waals surface area contributed by atoms with Crippen molar-refractivity contribution in [1.29, 1.82) is 0 Å². The van der Waals surface area contributed by atoms with E-state index in [-0.39, 0.29) is 6.10 Å². The highest BCUT2D eigenvalue weighted by Gasteiger charge is 1.99. The number of aryl methyl sites for hydroxylation is 1. The van der Waals surface area contributed by atoms with Crippen molar-refractivity contribution < 1.29 is 5.11 Å². The van der Waals surface area contributed by atoms with Crippen LogP contribution in [-0.2, 0) is 13.6 Å². The molecule has 2 N–H and O–H groups in total. The lowest BCUT2D eigenvalue weighted by Gasteiger charge is -2.05. The van der Waals surface area contributed by atoms with Gasteiger partial charge in [0, 0.05) is 7.05 Å². The summed E-state index contributed by atoms with van der Waals surface area (Å²) in [5.74, 6) is 0.908. The van der Waals surface area contributed by atoms with E-state index in [0.29, 0.717) is 6.54 Å². The van der Waals surface area contributed by atoms with Gasteiger partial charge >= 0.3 is 0 Å². The predicted octanol–water partition coefficient (Wildman–Crippen LogP) is -0.324. The van der Waals surface area contributed by atoms with Crippen molar-refractivity contribution >= 4 is 0 Å². The highest BCUT2D eigenvalue weighted by Crippen LogP contribution is 1.91. The average molecular weight is 184 g/mol. The summed E-state index contributed by atoms with van der Waals surface area (Å²) in [4.78, 5) is 4.06. The Morgan fingerprint density at radius 3 is 3.00 bits per heavy atom. The van der Waals surface area contributed by atoms with E-state index in [2.05, 4.69) is 15.4 Å². The quantitative estimate of drug-likeness (QED) is 0.615. The molecule has 1 atom stereocenters. The van der Waals surface area contributed by atoms with Gasteiger partial charge in [0.25, 0.3) is 0 Å². The van der Waals surface area contributed by atoms with Gasteiger partial charge in [0.15, 0.2) is 0 Å². The first-order valence-electron chi connectivity index (χ1n) is 4.42. The van der Waals surface area contributed by atoms with E-state index in [0.717, 1.165) is 18.8 Å². The van der Waals surface area contributed by atoms with E-state index in [4.69, 9.17) is 5.11 Å². The molecule has 0 aliphatic rings. The molecule has 1 aromatic rings. The van der Waals surface area contributed by atoms with Gasteiger partial charge in [-0.1, -0.05) is 0 Å². The lowest BCUT2D eigenvalue weighted by Crippen LogP contribution is -2.20. The Balaban J connectivity index is 2.17. The fourth-order valence-corrected chi connectivity index (χ4v) is 0.991. The van der Waals surface area contributed by atoms with Crippen molar-refractivity contribution in [2.24, 2.45) is 7.05 Å². The van der Waals surface area contributed by atoms with Gasteiger partial charge in [0.1, 0.15) is 12.2 Å². The first-order valence-corrected chi connectivity index (χ1v) is 4.42. The number of aromatic nitrogens is 3. The SMILES string of the molecule is CC(O)CCNCc1ncnn1C. The second-order valence-electron chi connectivity index (χ2n) is 3.11. The molecular formula is C8H16N4O. The summed E-state index contributed by atoms with van der Waals surface area (Å²) in [6, 6.07) is 0. The number of hydrogen-bond donors (Lipinski definition) is 2.